The molecule has 2 nitrogen and oxygen atoms in total. The molecule has 1 amide bonds. The zero-order valence-corrected chi connectivity index (χ0v) is 20.1. The fourth-order valence-electron chi connectivity index (χ4n) is 3.25. The lowest BCUT2D eigenvalue weighted by Gasteiger charge is -2.14. The second-order valence-corrected chi connectivity index (χ2v) is 8.74. The van der Waals surface area contributed by atoms with Crippen molar-refractivity contribution < 1.29 is 4.79 Å². The maximum Gasteiger partial charge on any atom is 0.220 e. The van der Waals surface area contributed by atoms with Gasteiger partial charge in [0.2, 0.25) is 5.91 Å². The van der Waals surface area contributed by atoms with E-state index in [1.54, 1.807) is 0 Å². The van der Waals surface area contributed by atoms with Crippen molar-refractivity contribution in [3.8, 4) is 0 Å². The summed E-state index contributed by atoms with van der Waals surface area (Å²) in [7, 11) is 0. The molecule has 0 spiro atoms. The summed E-state index contributed by atoms with van der Waals surface area (Å²) in [4.78, 5) is 12.1. The minimum absolute atomic E-state index is 0.0635. The third kappa shape index (κ3) is 14.3. The van der Waals surface area contributed by atoms with E-state index >= 15 is 0 Å². The number of amides is 1. The fourth-order valence-corrected chi connectivity index (χ4v) is 3.51. The summed E-state index contributed by atoms with van der Waals surface area (Å²) in [6.45, 7) is 4.28. The van der Waals surface area contributed by atoms with Crippen LogP contribution in [0.2, 0.25) is 0 Å². The van der Waals surface area contributed by atoms with Gasteiger partial charge in [-0.1, -0.05) is 91.4 Å². The molecule has 1 unspecified atom stereocenters. The standard InChI is InChI=1S/C26H40BrNO/c1-3-4-5-6-7-8-9-10-11-12-13-14-15-16-17-18-26(29)28-23(2)24-19-21-25(27)22-20-24/h7-8,10-11,19-23H,3-6,9,12-18H2,1-2H3,(H,28,29)/b8-7-,11-10-. The van der Waals surface area contributed by atoms with Gasteiger partial charge in [0.15, 0.2) is 0 Å². The van der Waals surface area contributed by atoms with E-state index in [9.17, 15) is 4.79 Å². The first kappa shape index (κ1) is 25.7. The monoisotopic (exact) mass is 461 g/mol. The average molecular weight is 463 g/mol. The van der Waals surface area contributed by atoms with E-state index in [-0.39, 0.29) is 11.9 Å². The first-order valence-electron chi connectivity index (χ1n) is 11.5. The van der Waals surface area contributed by atoms with Crippen molar-refractivity contribution in [2.75, 3.05) is 0 Å². The fraction of sp³-hybridized carbons (Fsp3) is 0.577. The highest BCUT2D eigenvalue weighted by Crippen LogP contribution is 2.17. The van der Waals surface area contributed by atoms with Gasteiger partial charge in [0, 0.05) is 10.9 Å². The topological polar surface area (TPSA) is 29.1 Å². The Kier molecular flexibility index (Phi) is 15.5. The van der Waals surface area contributed by atoms with Crippen molar-refractivity contribution >= 4 is 21.8 Å². The van der Waals surface area contributed by atoms with Gasteiger partial charge in [-0.2, -0.15) is 0 Å². The van der Waals surface area contributed by atoms with Crippen LogP contribution in [0.5, 0.6) is 0 Å². The number of carbonyl (C=O) groups excluding carboxylic acids is 1. The Morgan fingerprint density at radius 1 is 0.897 bits per heavy atom. The van der Waals surface area contributed by atoms with E-state index in [0.29, 0.717) is 6.42 Å². The molecule has 0 bridgehead atoms. The van der Waals surface area contributed by atoms with Gasteiger partial charge in [-0.05, 0) is 63.1 Å². The number of halogens is 1. The average Bonchev–Trinajstić information content (AvgIpc) is 2.71. The number of allylic oxidation sites excluding steroid dienone is 4. The second-order valence-electron chi connectivity index (χ2n) is 7.82. The summed E-state index contributed by atoms with van der Waals surface area (Å²) in [6, 6.07) is 8.19. The van der Waals surface area contributed by atoms with Crippen LogP contribution in [-0.4, -0.2) is 5.91 Å². The van der Waals surface area contributed by atoms with E-state index in [2.05, 4.69) is 52.5 Å². The van der Waals surface area contributed by atoms with Gasteiger partial charge in [-0.3, -0.25) is 4.79 Å². The van der Waals surface area contributed by atoms with E-state index in [0.717, 1.165) is 29.3 Å². The quantitative estimate of drug-likeness (QED) is 0.194. The Hall–Kier alpha value is -1.35. The van der Waals surface area contributed by atoms with Crippen molar-refractivity contribution in [1.29, 1.82) is 0 Å². The molecule has 1 rings (SSSR count). The first-order chi connectivity index (χ1) is 14.1. The normalized spacial score (nSPS) is 12.7. The molecule has 1 N–H and O–H groups in total. The zero-order valence-electron chi connectivity index (χ0n) is 18.5. The van der Waals surface area contributed by atoms with Crippen LogP contribution in [0.4, 0.5) is 0 Å². The van der Waals surface area contributed by atoms with Crippen molar-refractivity contribution in [1.82, 2.24) is 5.32 Å². The van der Waals surface area contributed by atoms with E-state index in [1.807, 2.05) is 31.2 Å². The lowest BCUT2D eigenvalue weighted by molar-refractivity contribution is -0.121. The molecule has 1 atom stereocenters. The summed E-state index contributed by atoms with van der Waals surface area (Å²) in [5.74, 6) is 0.158. The molecule has 1 aromatic carbocycles. The largest absolute Gasteiger partial charge is 0.350 e. The summed E-state index contributed by atoms with van der Waals surface area (Å²) < 4.78 is 1.06. The van der Waals surface area contributed by atoms with Crippen molar-refractivity contribution in [3.05, 3.63) is 58.6 Å². The molecule has 1 aromatic rings. The van der Waals surface area contributed by atoms with Gasteiger partial charge in [-0.25, -0.2) is 0 Å². The lowest BCUT2D eigenvalue weighted by Crippen LogP contribution is -2.26. The maximum absolute atomic E-state index is 12.1. The van der Waals surface area contributed by atoms with E-state index in [1.165, 1.54) is 51.4 Å². The Morgan fingerprint density at radius 3 is 2.14 bits per heavy atom. The molecular formula is C26H40BrNO. The van der Waals surface area contributed by atoms with Crippen LogP contribution in [0, 0.1) is 0 Å². The summed E-state index contributed by atoms with van der Waals surface area (Å²) in [5.41, 5.74) is 1.14. The number of hydrogen-bond donors (Lipinski definition) is 1. The Labute approximate surface area is 187 Å². The third-order valence-corrected chi connectivity index (χ3v) is 5.63. The molecule has 0 aromatic heterocycles. The number of hydrogen-bond acceptors (Lipinski definition) is 1. The first-order valence-corrected chi connectivity index (χ1v) is 12.3. The van der Waals surface area contributed by atoms with Crippen LogP contribution in [0.1, 0.15) is 103 Å². The Balaban J connectivity index is 1.95. The van der Waals surface area contributed by atoms with Crippen LogP contribution in [0.3, 0.4) is 0 Å². The highest BCUT2D eigenvalue weighted by molar-refractivity contribution is 9.10. The predicted molar refractivity (Wildman–Crippen MR) is 130 cm³/mol. The van der Waals surface area contributed by atoms with Crippen molar-refractivity contribution in [2.45, 2.75) is 96.9 Å². The van der Waals surface area contributed by atoms with E-state index < -0.39 is 0 Å². The van der Waals surface area contributed by atoms with Crippen molar-refractivity contribution in [3.63, 3.8) is 0 Å². The highest BCUT2D eigenvalue weighted by Gasteiger charge is 2.09. The Morgan fingerprint density at radius 2 is 1.48 bits per heavy atom. The highest BCUT2D eigenvalue weighted by atomic mass is 79.9. The van der Waals surface area contributed by atoms with Crippen LogP contribution < -0.4 is 5.32 Å². The minimum Gasteiger partial charge on any atom is -0.350 e. The van der Waals surface area contributed by atoms with Crippen molar-refractivity contribution in [2.24, 2.45) is 0 Å². The maximum atomic E-state index is 12.1. The van der Waals surface area contributed by atoms with Gasteiger partial charge < -0.3 is 5.32 Å². The SMILES string of the molecule is CCCCC/C=C\C/C=C\CCCCCCCC(=O)NC(C)c1ccc(Br)cc1. The molecule has 0 aliphatic rings. The van der Waals surface area contributed by atoms with Gasteiger partial charge in [0.1, 0.15) is 0 Å². The summed E-state index contributed by atoms with van der Waals surface area (Å²) in [5, 5.41) is 3.10. The van der Waals surface area contributed by atoms with Gasteiger partial charge >= 0.3 is 0 Å². The van der Waals surface area contributed by atoms with Crippen LogP contribution in [-0.2, 0) is 4.79 Å². The van der Waals surface area contributed by atoms with Crippen LogP contribution in [0.15, 0.2) is 53.0 Å². The third-order valence-electron chi connectivity index (χ3n) is 5.10. The molecule has 0 heterocycles. The molecule has 0 radical (unpaired) electrons. The predicted octanol–water partition coefficient (Wildman–Crippen LogP) is 8.44. The number of rotatable bonds is 16. The van der Waals surface area contributed by atoms with Gasteiger partial charge in [0.05, 0.1) is 6.04 Å². The lowest BCUT2D eigenvalue weighted by atomic mass is 10.1. The number of unbranched alkanes of at least 4 members (excludes halogenated alkanes) is 8. The zero-order chi connectivity index (χ0) is 21.2. The molecule has 0 aliphatic carbocycles. The molecule has 3 heteroatoms. The Bertz CT molecular complexity index is 591. The van der Waals surface area contributed by atoms with Gasteiger partial charge in [0.25, 0.3) is 0 Å². The molecule has 0 saturated carbocycles. The molecule has 0 aliphatic heterocycles. The number of nitrogens with one attached hydrogen (secondary N) is 1. The number of benzene rings is 1. The molecular weight excluding hydrogens is 422 g/mol. The summed E-state index contributed by atoms with van der Waals surface area (Å²) >= 11 is 3.44. The molecule has 162 valence electrons. The van der Waals surface area contributed by atoms with Crippen LogP contribution >= 0.6 is 15.9 Å². The molecule has 29 heavy (non-hydrogen) atoms. The second kappa shape index (κ2) is 17.5. The minimum atomic E-state index is 0.0635. The molecule has 0 saturated heterocycles. The van der Waals surface area contributed by atoms with E-state index in [4.69, 9.17) is 0 Å². The summed E-state index contributed by atoms with van der Waals surface area (Å²) in [6.07, 6.45) is 23.1. The smallest absolute Gasteiger partial charge is 0.220 e. The molecule has 0 fully saturated rings. The number of carbonyl (C=O) groups is 1. The van der Waals surface area contributed by atoms with Gasteiger partial charge in [-0.15, -0.1) is 0 Å². The van der Waals surface area contributed by atoms with Crippen LogP contribution in [0.25, 0.3) is 0 Å².